The number of fused-ring (bicyclic) bond motifs is 2. The summed E-state index contributed by atoms with van der Waals surface area (Å²) in [5.41, 5.74) is 6.66. The Morgan fingerprint density at radius 2 is 2.15 bits per heavy atom. The fourth-order valence-electron chi connectivity index (χ4n) is 4.37. The molecule has 1 aliphatic carbocycles. The highest BCUT2D eigenvalue weighted by atomic mass is 35.5. The number of hydrogen-bond acceptors (Lipinski definition) is 4. The van der Waals surface area contributed by atoms with E-state index in [0.717, 1.165) is 30.4 Å². The lowest BCUT2D eigenvalue weighted by Gasteiger charge is -2.22. The van der Waals surface area contributed by atoms with Crippen LogP contribution in [0, 0.1) is 0 Å². The first-order valence-corrected chi connectivity index (χ1v) is 9.63. The highest BCUT2D eigenvalue weighted by Gasteiger charge is 2.35. The van der Waals surface area contributed by atoms with Gasteiger partial charge in [0.1, 0.15) is 0 Å². The molecule has 0 spiro atoms. The fourth-order valence-corrected chi connectivity index (χ4v) is 4.54. The van der Waals surface area contributed by atoms with E-state index in [4.69, 9.17) is 11.6 Å². The Balaban J connectivity index is 1.44. The van der Waals surface area contributed by atoms with E-state index in [0.29, 0.717) is 5.92 Å². The van der Waals surface area contributed by atoms with Crippen molar-refractivity contribution < 1.29 is 0 Å². The van der Waals surface area contributed by atoms with Gasteiger partial charge in [-0.05, 0) is 46.9 Å². The Bertz CT molecular complexity index is 1010. The molecule has 0 radical (unpaired) electrons. The maximum Gasteiger partial charge on any atom is 0.178 e. The lowest BCUT2D eigenvalue weighted by Crippen LogP contribution is -2.25. The van der Waals surface area contributed by atoms with E-state index in [1.54, 1.807) is 0 Å². The van der Waals surface area contributed by atoms with E-state index in [2.05, 4.69) is 74.9 Å². The Kier molecular flexibility index (Phi) is 3.97. The van der Waals surface area contributed by atoms with Gasteiger partial charge in [-0.15, -0.1) is 10.2 Å². The largest absolute Gasteiger partial charge is 0.366 e. The van der Waals surface area contributed by atoms with Crippen LogP contribution in [0.4, 0.5) is 5.69 Å². The zero-order chi connectivity index (χ0) is 18.4. The van der Waals surface area contributed by atoms with Crippen LogP contribution in [-0.4, -0.2) is 33.7 Å². The van der Waals surface area contributed by atoms with Crippen LogP contribution in [0.3, 0.4) is 0 Å². The third kappa shape index (κ3) is 2.82. The van der Waals surface area contributed by atoms with Crippen molar-refractivity contribution in [2.75, 3.05) is 18.0 Å². The van der Waals surface area contributed by atoms with Crippen LogP contribution in [-0.2, 0) is 6.42 Å². The molecule has 136 valence electrons. The molecule has 2 aliphatic rings. The maximum absolute atomic E-state index is 6.24. The predicted octanol–water partition coefficient (Wildman–Crippen LogP) is 4.20. The SMILES string of the molecule is CC(c1nn[nH]n1)C1CN(CC2=CCc3ccc(Cl)cc32)c2ccccc21. The summed E-state index contributed by atoms with van der Waals surface area (Å²) in [4.78, 5) is 2.47. The highest BCUT2D eigenvalue weighted by molar-refractivity contribution is 6.30. The van der Waals surface area contributed by atoms with Gasteiger partial charge in [-0.3, -0.25) is 0 Å². The number of rotatable bonds is 4. The summed E-state index contributed by atoms with van der Waals surface area (Å²) < 4.78 is 0. The fraction of sp³-hybridized carbons (Fsp3) is 0.286. The van der Waals surface area contributed by atoms with Crippen LogP contribution in [0.5, 0.6) is 0 Å². The van der Waals surface area contributed by atoms with E-state index in [1.165, 1.54) is 28.0 Å². The smallest absolute Gasteiger partial charge is 0.178 e. The van der Waals surface area contributed by atoms with E-state index in [9.17, 15) is 0 Å². The number of nitrogens with zero attached hydrogens (tertiary/aromatic N) is 4. The number of halogens is 1. The first kappa shape index (κ1) is 16.5. The minimum absolute atomic E-state index is 0.203. The molecular formula is C21H20ClN5. The first-order valence-electron chi connectivity index (χ1n) is 9.26. The second kappa shape index (κ2) is 6.50. The zero-order valence-electron chi connectivity index (χ0n) is 15.1. The number of aromatic nitrogens is 4. The van der Waals surface area contributed by atoms with Crippen molar-refractivity contribution in [2.45, 2.75) is 25.2 Å². The van der Waals surface area contributed by atoms with Crippen molar-refractivity contribution in [2.24, 2.45) is 0 Å². The van der Waals surface area contributed by atoms with Crippen molar-refractivity contribution in [1.29, 1.82) is 0 Å². The number of benzene rings is 2. The number of H-pyrrole nitrogens is 1. The molecule has 0 bridgehead atoms. The molecular weight excluding hydrogens is 358 g/mol. The van der Waals surface area contributed by atoms with E-state index >= 15 is 0 Å². The number of anilines is 1. The van der Waals surface area contributed by atoms with Crippen LogP contribution in [0.15, 0.2) is 48.5 Å². The molecule has 0 fully saturated rings. The minimum atomic E-state index is 0.203. The number of para-hydroxylation sites is 1. The predicted molar refractivity (Wildman–Crippen MR) is 107 cm³/mol. The van der Waals surface area contributed by atoms with Crippen molar-refractivity contribution >= 4 is 22.9 Å². The Hall–Kier alpha value is -2.66. The topological polar surface area (TPSA) is 57.7 Å². The lowest BCUT2D eigenvalue weighted by molar-refractivity contribution is 0.570. The second-order valence-corrected chi connectivity index (χ2v) is 7.78. The average molecular weight is 378 g/mol. The molecule has 2 aromatic carbocycles. The number of tetrazole rings is 1. The third-order valence-corrected chi connectivity index (χ3v) is 6.05. The van der Waals surface area contributed by atoms with Crippen LogP contribution < -0.4 is 4.90 Å². The van der Waals surface area contributed by atoms with Gasteiger partial charge in [0.05, 0.1) is 0 Å². The molecule has 2 heterocycles. The molecule has 5 rings (SSSR count). The van der Waals surface area contributed by atoms with Gasteiger partial charge in [-0.1, -0.05) is 54.1 Å². The molecule has 1 aliphatic heterocycles. The summed E-state index contributed by atoms with van der Waals surface area (Å²) >= 11 is 6.24. The minimum Gasteiger partial charge on any atom is -0.366 e. The summed E-state index contributed by atoms with van der Waals surface area (Å²) in [6, 6.07) is 14.9. The average Bonchev–Trinajstić information content (AvgIpc) is 3.41. The lowest BCUT2D eigenvalue weighted by atomic mass is 9.88. The molecule has 2 atom stereocenters. The molecule has 1 aromatic heterocycles. The van der Waals surface area contributed by atoms with Crippen molar-refractivity contribution in [3.05, 3.63) is 76.1 Å². The van der Waals surface area contributed by atoms with Gasteiger partial charge in [0.2, 0.25) is 0 Å². The number of hydrogen-bond donors (Lipinski definition) is 1. The first-order chi connectivity index (χ1) is 13.2. The Morgan fingerprint density at radius 1 is 1.26 bits per heavy atom. The molecule has 5 nitrogen and oxygen atoms in total. The van der Waals surface area contributed by atoms with Gasteiger partial charge in [0, 0.05) is 35.6 Å². The molecule has 3 aromatic rings. The standard InChI is InChI=1S/C21H20ClN5/c1-13(21-23-25-26-24-21)19-12-27(20-5-3-2-4-17(19)20)11-15-7-6-14-8-9-16(22)10-18(14)15/h2-5,7-10,13,19H,6,11-12H2,1H3,(H,23,24,25,26). The molecule has 1 N–H and O–H groups in total. The molecule has 27 heavy (non-hydrogen) atoms. The van der Waals surface area contributed by atoms with E-state index < -0.39 is 0 Å². The summed E-state index contributed by atoms with van der Waals surface area (Å²) in [7, 11) is 0. The number of nitrogens with one attached hydrogen (secondary N) is 1. The quantitative estimate of drug-likeness (QED) is 0.740. The Morgan fingerprint density at radius 3 is 3.00 bits per heavy atom. The monoisotopic (exact) mass is 377 g/mol. The molecule has 2 unspecified atom stereocenters. The van der Waals surface area contributed by atoms with Gasteiger partial charge in [0.15, 0.2) is 5.82 Å². The van der Waals surface area contributed by atoms with E-state index in [-0.39, 0.29) is 5.92 Å². The van der Waals surface area contributed by atoms with Crippen molar-refractivity contribution in [3.63, 3.8) is 0 Å². The normalized spacial score (nSPS) is 19.0. The van der Waals surface area contributed by atoms with Gasteiger partial charge in [-0.25, -0.2) is 0 Å². The van der Waals surface area contributed by atoms with Gasteiger partial charge in [-0.2, -0.15) is 5.21 Å². The van der Waals surface area contributed by atoms with Crippen molar-refractivity contribution in [3.8, 4) is 0 Å². The Labute approximate surface area is 163 Å². The summed E-state index contributed by atoms with van der Waals surface area (Å²) in [5, 5.41) is 15.5. The number of allylic oxidation sites excluding steroid dienone is 1. The molecule has 0 saturated heterocycles. The molecule has 0 saturated carbocycles. The summed E-state index contributed by atoms with van der Waals surface area (Å²) in [6.45, 7) is 4.02. The van der Waals surface area contributed by atoms with Crippen LogP contribution >= 0.6 is 11.6 Å². The number of aromatic amines is 1. The summed E-state index contributed by atoms with van der Waals surface area (Å²) in [6.07, 6.45) is 3.32. The third-order valence-electron chi connectivity index (χ3n) is 5.81. The maximum atomic E-state index is 6.24. The van der Waals surface area contributed by atoms with Gasteiger partial charge < -0.3 is 4.90 Å². The van der Waals surface area contributed by atoms with Crippen LogP contribution in [0.1, 0.15) is 41.3 Å². The summed E-state index contributed by atoms with van der Waals surface area (Å²) in [5.74, 6) is 1.32. The molecule has 6 heteroatoms. The molecule has 0 amide bonds. The van der Waals surface area contributed by atoms with E-state index in [1.807, 2.05) is 6.07 Å². The van der Waals surface area contributed by atoms with Crippen molar-refractivity contribution in [1.82, 2.24) is 20.6 Å². The van der Waals surface area contributed by atoms with Gasteiger partial charge >= 0.3 is 0 Å². The van der Waals surface area contributed by atoms with Crippen LogP contribution in [0.25, 0.3) is 5.57 Å². The highest BCUT2D eigenvalue weighted by Crippen LogP contribution is 2.44. The second-order valence-electron chi connectivity index (χ2n) is 7.34. The zero-order valence-corrected chi connectivity index (χ0v) is 15.8. The van der Waals surface area contributed by atoms with Crippen LogP contribution in [0.2, 0.25) is 5.02 Å². The van der Waals surface area contributed by atoms with Gasteiger partial charge in [0.25, 0.3) is 0 Å².